The van der Waals surface area contributed by atoms with Crippen LogP contribution in [0.25, 0.3) is 0 Å². The van der Waals surface area contributed by atoms with Crippen LogP contribution in [0.3, 0.4) is 0 Å². The highest BCUT2D eigenvalue weighted by Gasteiger charge is 2.43. The summed E-state index contributed by atoms with van der Waals surface area (Å²) in [7, 11) is -16.7. The molecule has 1 aromatic carbocycles. The largest absolute Gasteiger partial charge is 0.490 e. The minimum atomic E-state index is -5.72. The van der Waals surface area contributed by atoms with E-state index in [0.717, 1.165) is 21.5 Å². The molecule has 1 aliphatic heterocycles. The Kier molecular flexibility index (Phi) is 11.2. The lowest BCUT2D eigenvalue weighted by atomic mass is 10.2. The van der Waals surface area contributed by atoms with Gasteiger partial charge in [0.25, 0.3) is 5.56 Å². The second-order valence-corrected chi connectivity index (χ2v) is 15.4. The number of benzene rings is 1. The van der Waals surface area contributed by atoms with Crippen LogP contribution >= 0.6 is 91.2 Å². The topological polar surface area (TPSA) is 244 Å². The highest BCUT2D eigenvalue weighted by atomic mass is 127. The molecule has 1 fully saturated rings. The first kappa shape index (κ1) is 33.5. The minimum absolute atomic E-state index is 0.0891. The van der Waals surface area contributed by atoms with Crippen molar-refractivity contribution in [2.24, 2.45) is 0 Å². The number of phosphoric acid groups is 3. The summed E-state index contributed by atoms with van der Waals surface area (Å²) in [5.41, 5.74) is -1.10. The summed E-state index contributed by atoms with van der Waals surface area (Å²) in [4.78, 5) is 62.7. The van der Waals surface area contributed by atoms with E-state index in [1.807, 2.05) is 12.1 Å². The van der Waals surface area contributed by atoms with Gasteiger partial charge in [-0.15, -0.1) is 0 Å². The molecule has 16 nitrogen and oxygen atoms in total. The second kappa shape index (κ2) is 13.1. The maximum atomic E-state index is 12.4. The predicted molar refractivity (Wildman–Crippen MR) is 156 cm³/mol. The number of hydrogen-bond acceptors (Lipinski definition) is 10. The van der Waals surface area contributed by atoms with Crippen LogP contribution in [0.5, 0.6) is 0 Å². The molecule has 0 spiro atoms. The fourth-order valence-corrected chi connectivity index (χ4v) is 8.21. The Morgan fingerprint density at radius 1 is 0.974 bits per heavy atom. The van der Waals surface area contributed by atoms with Crippen molar-refractivity contribution in [3.05, 3.63) is 61.0 Å². The van der Waals surface area contributed by atoms with Crippen LogP contribution in [0.4, 0.5) is 0 Å². The maximum absolute atomic E-state index is 12.4. The van der Waals surface area contributed by atoms with Crippen LogP contribution in [-0.4, -0.2) is 53.0 Å². The maximum Gasteiger partial charge on any atom is 0.490 e. The van der Waals surface area contributed by atoms with Crippen LogP contribution in [0.15, 0.2) is 27.9 Å². The van der Waals surface area contributed by atoms with E-state index in [1.54, 1.807) is 0 Å². The zero-order valence-corrected chi connectivity index (χ0v) is 27.9. The number of aliphatic hydroxyl groups is 1. The van der Waals surface area contributed by atoms with E-state index in [2.05, 4.69) is 97.7 Å². The molecule has 39 heavy (non-hydrogen) atoms. The van der Waals surface area contributed by atoms with E-state index < -0.39 is 59.8 Å². The van der Waals surface area contributed by atoms with E-state index >= 15 is 0 Å². The van der Waals surface area contributed by atoms with Crippen LogP contribution < -0.4 is 11.2 Å². The summed E-state index contributed by atoms with van der Waals surface area (Å²) in [6, 6.07) is 3.74. The van der Waals surface area contributed by atoms with Crippen LogP contribution in [0, 0.1) is 22.6 Å². The number of halogens is 3. The number of aromatic nitrogens is 2. The summed E-state index contributed by atoms with van der Waals surface area (Å²) < 4.78 is 55.0. The van der Waals surface area contributed by atoms with Gasteiger partial charge in [0.05, 0.1) is 12.7 Å². The van der Waals surface area contributed by atoms with Gasteiger partial charge in [-0.3, -0.25) is 18.9 Å². The molecule has 0 saturated carbocycles. The van der Waals surface area contributed by atoms with Crippen molar-refractivity contribution in [3.8, 4) is 11.8 Å². The Balaban J connectivity index is 1.75. The van der Waals surface area contributed by atoms with E-state index in [-0.39, 0.29) is 12.0 Å². The van der Waals surface area contributed by atoms with E-state index in [0.29, 0.717) is 5.56 Å². The fraction of sp³-hybridized carbons (Fsp3) is 0.294. The first-order chi connectivity index (χ1) is 17.9. The van der Waals surface area contributed by atoms with Gasteiger partial charge >= 0.3 is 29.2 Å². The van der Waals surface area contributed by atoms with Crippen molar-refractivity contribution in [3.63, 3.8) is 0 Å². The Labute approximate surface area is 259 Å². The van der Waals surface area contributed by atoms with Gasteiger partial charge in [0.2, 0.25) is 0 Å². The number of rotatable bonds is 8. The molecule has 1 saturated heterocycles. The molecule has 6 N–H and O–H groups in total. The summed E-state index contributed by atoms with van der Waals surface area (Å²) >= 11 is 6.41. The van der Waals surface area contributed by atoms with E-state index in [4.69, 9.17) is 14.5 Å². The zero-order valence-electron chi connectivity index (χ0n) is 18.7. The first-order valence-corrected chi connectivity index (χ1v) is 17.8. The lowest BCUT2D eigenvalue weighted by Crippen LogP contribution is -2.33. The van der Waals surface area contributed by atoms with Gasteiger partial charge in [-0.05, 0) is 79.9 Å². The minimum Gasteiger partial charge on any atom is -0.390 e. The SMILES string of the molecule is O=c1[nH]c(=O)n([C@H]2C[C@@H](O)[C@@H](COP(=O)(O)OP(=O)(O)OP(=O)(O)O)O2)cc1C#Cc1cc(I)c(I)cc1I. The molecule has 3 rings (SSSR count). The fourth-order valence-electron chi connectivity index (χ4n) is 3.05. The predicted octanol–water partition coefficient (Wildman–Crippen LogP) is 1.74. The van der Waals surface area contributed by atoms with Gasteiger partial charge in [0.15, 0.2) is 0 Å². The monoisotopic (exact) mass is 946 g/mol. The quantitative estimate of drug-likeness (QED) is 0.0957. The number of ether oxygens (including phenoxy) is 1. The van der Waals surface area contributed by atoms with E-state index in [1.165, 1.54) is 0 Å². The van der Waals surface area contributed by atoms with Crippen molar-refractivity contribution in [2.75, 3.05) is 6.61 Å². The van der Waals surface area contributed by atoms with Gasteiger partial charge in [-0.25, -0.2) is 18.5 Å². The molecular formula is C17H16I3N2O14P3. The number of aromatic amines is 1. The number of aliphatic hydroxyl groups excluding tert-OH is 1. The third-order valence-corrected chi connectivity index (χ3v) is 12.2. The molecule has 0 radical (unpaired) electrons. The number of hydrogen-bond donors (Lipinski definition) is 6. The first-order valence-electron chi connectivity index (χ1n) is 10.00. The van der Waals surface area contributed by atoms with Gasteiger partial charge in [-0.1, -0.05) is 11.8 Å². The van der Waals surface area contributed by atoms with Crippen LogP contribution in [0.1, 0.15) is 23.8 Å². The molecule has 5 atom stereocenters. The summed E-state index contributed by atoms with van der Waals surface area (Å²) in [5, 5.41) is 10.3. The van der Waals surface area contributed by atoms with Crippen molar-refractivity contribution in [1.82, 2.24) is 9.55 Å². The highest BCUT2D eigenvalue weighted by molar-refractivity contribution is 14.1. The normalized spacial score (nSPS) is 22.5. The Bertz CT molecular complexity index is 1590. The average molecular weight is 946 g/mol. The number of H-pyrrole nitrogens is 1. The third kappa shape index (κ3) is 9.76. The standard InChI is InChI=1S/C17H16I3N2O14P3/c18-10-4-12(20)11(19)3-8(10)1-2-9-6-22(17(25)21-16(9)24)15-5-13(23)14(34-15)7-33-38(29,30)36-39(31,32)35-37(26,27)28/h3-4,6,13-15,23H,5,7H2,(H,29,30)(H,31,32)(H,21,24,25)(H2,26,27,28)/t13-,14-,15-/m1/s1. The Morgan fingerprint density at radius 3 is 2.23 bits per heavy atom. The molecule has 0 bridgehead atoms. The van der Waals surface area contributed by atoms with E-state index in [9.17, 15) is 38.2 Å². The second-order valence-electron chi connectivity index (χ2n) is 7.52. The van der Waals surface area contributed by atoms with Crippen LogP contribution in [-0.2, 0) is 31.6 Å². The molecule has 2 aromatic rings. The van der Waals surface area contributed by atoms with Crippen molar-refractivity contribution >= 4 is 91.2 Å². The number of nitrogens with zero attached hydrogens (tertiary/aromatic N) is 1. The van der Waals surface area contributed by atoms with Crippen molar-refractivity contribution < 1.29 is 56.3 Å². The summed E-state index contributed by atoms with van der Waals surface area (Å²) in [6.07, 6.45) is -3.05. The molecule has 22 heteroatoms. The lowest BCUT2D eigenvalue weighted by molar-refractivity contribution is -0.0450. The average Bonchev–Trinajstić information content (AvgIpc) is 3.12. The molecule has 0 aliphatic carbocycles. The van der Waals surface area contributed by atoms with Crippen molar-refractivity contribution in [2.45, 2.75) is 24.9 Å². The summed E-state index contributed by atoms with van der Waals surface area (Å²) in [5.74, 6) is 5.58. The van der Waals surface area contributed by atoms with Gasteiger partial charge in [0, 0.05) is 28.9 Å². The highest BCUT2D eigenvalue weighted by Crippen LogP contribution is 2.66. The zero-order chi connectivity index (χ0) is 29.3. The lowest BCUT2D eigenvalue weighted by Gasteiger charge is -2.19. The van der Waals surface area contributed by atoms with Gasteiger partial charge < -0.3 is 29.4 Å². The molecule has 2 unspecified atom stereocenters. The third-order valence-electron chi connectivity index (χ3n) is 4.64. The molecule has 2 heterocycles. The Morgan fingerprint density at radius 2 is 1.59 bits per heavy atom. The van der Waals surface area contributed by atoms with Crippen molar-refractivity contribution in [1.29, 1.82) is 0 Å². The smallest absolute Gasteiger partial charge is 0.390 e. The molecule has 214 valence electrons. The molecule has 1 aromatic heterocycles. The number of phosphoric ester groups is 1. The Hall–Kier alpha value is -0.0200. The van der Waals surface area contributed by atoms with Crippen LogP contribution in [0.2, 0.25) is 0 Å². The van der Waals surface area contributed by atoms with Gasteiger partial charge in [0.1, 0.15) is 17.9 Å². The summed E-state index contributed by atoms with van der Waals surface area (Å²) in [6.45, 7) is -0.921. The molecule has 1 aliphatic rings. The molecular weight excluding hydrogens is 930 g/mol. The number of nitrogens with one attached hydrogen (secondary N) is 1. The molecule has 0 amide bonds. The van der Waals surface area contributed by atoms with Gasteiger partial charge in [-0.2, -0.15) is 8.62 Å².